The molecule has 1 heterocycles. The number of aromatic nitrogens is 1. The third kappa shape index (κ3) is 3.08. The number of para-hydroxylation sites is 2. The van der Waals surface area contributed by atoms with Crippen LogP contribution in [0.5, 0.6) is 0 Å². The summed E-state index contributed by atoms with van der Waals surface area (Å²) < 4.78 is 37.5. The van der Waals surface area contributed by atoms with Crippen molar-refractivity contribution in [2.24, 2.45) is 0 Å². The molecule has 3 nitrogen and oxygen atoms in total. The van der Waals surface area contributed by atoms with Gasteiger partial charge in [-0.25, -0.2) is 4.98 Å². The van der Waals surface area contributed by atoms with E-state index in [1.54, 1.807) is 24.3 Å². The number of hydrogen-bond acceptors (Lipinski definition) is 2. The fourth-order valence-corrected chi connectivity index (χ4v) is 2.50. The van der Waals surface area contributed by atoms with E-state index < -0.39 is 12.1 Å². The molecule has 0 bridgehead atoms. The number of carbonyl (C=O) groups excluding carboxylic acids is 1. The highest BCUT2D eigenvalue weighted by Crippen LogP contribution is 2.30. The zero-order valence-electron chi connectivity index (χ0n) is 12.7. The van der Waals surface area contributed by atoms with Crippen LogP contribution in [-0.2, 0) is 4.79 Å². The molecule has 3 aromatic rings. The molecule has 0 unspecified atom stereocenters. The maximum Gasteiger partial charge on any atom is 0.471 e. The fourth-order valence-electron chi connectivity index (χ4n) is 2.50. The van der Waals surface area contributed by atoms with Gasteiger partial charge >= 0.3 is 12.1 Å². The smallest absolute Gasteiger partial charge is 0.318 e. The Hall–Kier alpha value is -2.89. The van der Waals surface area contributed by atoms with Crippen LogP contribution in [0.2, 0.25) is 0 Å². The normalized spacial score (nSPS) is 11.5. The Bertz CT molecular complexity index is 920. The van der Waals surface area contributed by atoms with Crippen molar-refractivity contribution in [2.45, 2.75) is 13.1 Å². The highest BCUT2D eigenvalue weighted by Gasteiger charge is 2.39. The van der Waals surface area contributed by atoms with Gasteiger partial charge in [0.15, 0.2) is 0 Å². The predicted octanol–water partition coefficient (Wildman–Crippen LogP) is 4.71. The molecule has 6 heteroatoms. The summed E-state index contributed by atoms with van der Waals surface area (Å²) >= 11 is 0. The van der Waals surface area contributed by atoms with E-state index in [1.807, 2.05) is 36.5 Å². The summed E-state index contributed by atoms with van der Waals surface area (Å²) in [4.78, 5) is 15.7. The number of pyridine rings is 1. The van der Waals surface area contributed by atoms with Crippen molar-refractivity contribution in [3.05, 3.63) is 60.2 Å². The zero-order chi connectivity index (χ0) is 17.3. The Labute approximate surface area is 136 Å². The van der Waals surface area contributed by atoms with Crippen LogP contribution < -0.4 is 5.32 Å². The molecule has 1 aromatic heterocycles. The van der Waals surface area contributed by atoms with Gasteiger partial charge in [-0.1, -0.05) is 36.4 Å². The quantitative estimate of drug-likeness (QED) is 0.739. The third-order valence-electron chi connectivity index (χ3n) is 3.63. The van der Waals surface area contributed by atoms with E-state index in [-0.39, 0.29) is 5.69 Å². The van der Waals surface area contributed by atoms with E-state index in [0.29, 0.717) is 11.3 Å². The zero-order valence-corrected chi connectivity index (χ0v) is 12.7. The molecule has 1 amide bonds. The largest absolute Gasteiger partial charge is 0.471 e. The molecule has 0 atom stereocenters. The van der Waals surface area contributed by atoms with E-state index in [1.165, 1.54) is 6.07 Å². The monoisotopic (exact) mass is 330 g/mol. The number of rotatable bonds is 2. The minimum absolute atomic E-state index is 0.0713. The van der Waals surface area contributed by atoms with Gasteiger partial charge in [-0.2, -0.15) is 13.2 Å². The number of nitrogens with zero attached hydrogens (tertiary/aromatic N) is 1. The Kier molecular flexibility index (Phi) is 3.97. The van der Waals surface area contributed by atoms with Crippen LogP contribution in [0.25, 0.3) is 22.2 Å². The molecular formula is C18H13F3N2O. The van der Waals surface area contributed by atoms with Gasteiger partial charge in [-0.3, -0.25) is 4.79 Å². The van der Waals surface area contributed by atoms with Gasteiger partial charge in [0.05, 0.1) is 16.9 Å². The molecular weight excluding hydrogens is 317 g/mol. The van der Waals surface area contributed by atoms with Gasteiger partial charge in [0.1, 0.15) is 0 Å². The Morgan fingerprint density at radius 1 is 1.04 bits per heavy atom. The maximum atomic E-state index is 12.5. The van der Waals surface area contributed by atoms with Gasteiger partial charge in [0.25, 0.3) is 0 Å². The molecule has 3 rings (SSSR count). The average molecular weight is 330 g/mol. The number of carbonyl (C=O) groups is 1. The Balaban J connectivity index is 2.09. The molecule has 0 aliphatic carbocycles. The molecule has 0 fully saturated rings. The highest BCUT2D eigenvalue weighted by atomic mass is 19.4. The summed E-state index contributed by atoms with van der Waals surface area (Å²) in [6.07, 6.45) is -4.94. The minimum Gasteiger partial charge on any atom is -0.318 e. The van der Waals surface area contributed by atoms with Crippen molar-refractivity contribution in [2.75, 3.05) is 5.32 Å². The van der Waals surface area contributed by atoms with Gasteiger partial charge in [-0.15, -0.1) is 0 Å². The van der Waals surface area contributed by atoms with Crippen LogP contribution in [0.1, 0.15) is 5.56 Å². The van der Waals surface area contributed by atoms with E-state index in [9.17, 15) is 18.0 Å². The molecule has 0 saturated heterocycles. The SMILES string of the molecule is Cc1cc(-c2ccccc2NC(=O)C(F)(F)F)nc2ccccc12. The van der Waals surface area contributed by atoms with Gasteiger partial charge in [0.2, 0.25) is 0 Å². The standard InChI is InChI=1S/C18H13F3N2O/c1-11-10-16(22-14-8-4-2-6-12(11)14)13-7-3-5-9-15(13)23-17(24)18(19,20)21/h2-10H,1H3,(H,23,24). The number of anilines is 1. The third-order valence-corrected chi connectivity index (χ3v) is 3.63. The summed E-state index contributed by atoms with van der Waals surface area (Å²) in [6, 6.07) is 15.6. The first-order valence-corrected chi connectivity index (χ1v) is 7.20. The molecule has 0 aliphatic rings. The second-order valence-corrected chi connectivity index (χ2v) is 5.34. The van der Waals surface area contributed by atoms with E-state index in [2.05, 4.69) is 4.98 Å². The van der Waals surface area contributed by atoms with E-state index in [4.69, 9.17) is 0 Å². The summed E-state index contributed by atoms with van der Waals surface area (Å²) in [7, 11) is 0. The van der Waals surface area contributed by atoms with Crippen molar-refractivity contribution in [1.82, 2.24) is 4.98 Å². The molecule has 0 radical (unpaired) electrons. The summed E-state index contributed by atoms with van der Waals surface area (Å²) in [5.41, 5.74) is 2.70. The van der Waals surface area contributed by atoms with Crippen LogP contribution >= 0.6 is 0 Å². The van der Waals surface area contributed by atoms with E-state index in [0.717, 1.165) is 16.5 Å². The lowest BCUT2D eigenvalue weighted by molar-refractivity contribution is -0.167. The molecule has 24 heavy (non-hydrogen) atoms. The average Bonchev–Trinajstić information content (AvgIpc) is 2.54. The summed E-state index contributed by atoms with van der Waals surface area (Å²) in [5.74, 6) is -2.01. The lowest BCUT2D eigenvalue weighted by Crippen LogP contribution is -2.30. The predicted molar refractivity (Wildman–Crippen MR) is 86.6 cm³/mol. The second kappa shape index (κ2) is 5.96. The fraction of sp³-hybridized carbons (Fsp3) is 0.111. The van der Waals surface area contributed by atoms with Crippen LogP contribution in [-0.4, -0.2) is 17.1 Å². The number of alkyl halides is 3. The number of halogens is 3. The second-order valence-electron chi connectivity index (χ2n) is 5.34. The van der Waals surface area contributed by atoms with Gasteiger partial charge < -0.3 is 5.32 Å². The lowest BCUT2D eigenvalue weighted by atomic mass is 10.0. The molecule has 1 N–H and O–H groups in total. The van der Waals surface area contributed by atoms with Gasteiger partial charge in [0, 0.05) is 10.9 Å². The first-order chi connectivity index (χ1) is 11.4. The Morgan fingerprint density at radius 3 is 2.46 bits per heavy atom. The first kappa shape index (κ1) is 16.0. The number of benzene rings is 2. The van der Waals surface area contributed by atoms with Crippen molar-refractivity contribution < 1.29 is 18.0 Å². The van der Waals surface area contributed by atoms with E-state index >= 15 is 0 Å². The minimum atomic E-state index is -4.94. The lowest BCUT2D eigenvalue weighted by Gasteiger charge is -2.13. The molecule has 0 aliphatic heterocycles. The van der Waals surface area contributed by atoms with Crippen molar-refractivity contribution in [1.29, 1.82) is 0 Å². The number of fused-ring (bicyclic) bond motifs is 1. The van der Waals surface area contributed by atoms with Crippen LogP contribution in [0.15, 0.2) is 54.6 Å². The summed E-state index contributed by atoms with van der Waals surface area (Å²) in [6.45, 7) is 1.91. The molecule has 122 valence electrons. The van der Waals surface area contributed by atoms with Crippen molar-refractivity contribution in [3.8, 4) is 11.3 Å². The van der Waals surface area contributed by atoms with Crippen LogP contribution in [0.3, 0.4) is 0 Å². The Morgan fingerprint density at radius 2 is 1.71 bits per heavy atom. The van der Waals surface area contributed by atoms with Crippen molar-refractivity contribution >= 4 is 22.5 Å². The van der Waals surface area contributed by atoms with Crippen LogP contribution in [0, 0.1) is 6.92 Å². The molecule has 0 saturated carbocycles. The number of hydrogen-bond donors (Lipinski definition) is 1. The number of aryl methyl sites for hydroxylation is 1. The number of amides is 1. The van der Waals surface area contributed by atoms with Crippen molar-refractivity contribution in [3.63, 3.8) is 0 Å². The maximum absolute atomic E-state index is 12.5. The van der Waals surface area contributed by atoms with Crippen LogP contribution in [0.4, 0.5) is 18.9 Å². The summed E-state index contributed by atoms with van der Waals surface area (Å²) in [5, 5.41) is 2.88. The number of nitrogens with one attached hydrogen (secondary N) is 1. The topological polar surface area (TPSA) is 42.0 Å². The highest BCUT2D eigenvalue weighted by molar-refractivity contribution is 5.98. The first-order valence-electron chi connectivity index (χ1n) is 7.20. The molecule has 0 spiro atoms. The van der Waals surface area contributed by atoms with Gasteiger partial charge in [-0.05, 0) is 30.7 Å². The molecule has 2 aromatic carbocycles.